The number of thiophene rings is 2. The highest BCUT2D eigenvalue weighted by Gasteiger charge is 2.27. The maximum absolute atomic E-state index is 12.9. The third-order valence-corrected chi connectivity index (χ3v) is 7.25. The Balaban J connectivity index is 1.60. The Morgan fingerprint density at radius 2 is 2.05 bits per heavy atom. The first-order chi connectivity index (χ1) is 10.7. The Hall–Kier alpha value is -1.13. The summed E-state index contributed by atoms with van der Waals surface area (Å²) in [5, 5.41) is 2.18. The fraction of sp³-hybridized carbons (Fsp3) is 0.500. The SMILES string of the molecule is CN(C(=O)c1cc2c(s1)-c1ccsc1CC2)C1CCCCC1. The molecular weight excluding hydrogens is 310 g/mol. The van der Waals surface area contributed by atoms with E-state index in [2.05, 4.69) is 17.5 Å². The second-order valence-corrected chi connectivity index (χ2v) is 8.48. The Morgan fingerprint density at radius 3 is 2.86 bits per heavy atom. The van der Waals surface area contributed by atoms with Crippen LogP contribution in [0, 0.1) is 0 Å². The fourth-order valence-electron chi connectivity index (χ4n) is 3.74. The predicted octanol–water partition coefficient (Wildman–Crippen LogP) is 4.98. The third-order valence-electron chi connectivity index (χ3n) is 5.07. The van der Waals surface area contributed by atoms with E-state index >= 15 is 0 Å². The summed E-state index contributed by atoms with van der Waals surface area (Å²) in [6, 6.07) is 4.81. The number of fused-ring (bicyclic) bond motifs is 3. The molecule has 2 aliphatic rings. The van der Waals surface area contributed by atoms with Gasteiger partial charge in [0.05, 0.1) is 4.88 Å². The molecule has 0 saturated heterocycles. The summed E-state index contributed by atoms with van der Waals surface area (Å²) in [6.45, 7) is 0. The molecule has 2 nitrogen and oxygen atoms in total. The zero-order valence-electron chi connectivity index (χ0n) is 12.9. The van der Waals surface area contributed by atoms with Crippen molar-refractivity contribution in [2.45, 2.75) is 51.0 Å². The maximum Gasteiger partial charge on any atom is 0.263 e. The third kappa shape index (κ3) is 2.42. The van der Waals surface area contributed by atoms with Gasteiger partial charge in [0.25, 0.3) is 5.91 Å². The molecule has 0 N–H and O–H groups in total. The van der Waals surface area contributed by atoms with E-state index < -0.39 is 0 Å². The number of carbonyl (C=O) groups is 1. The Labute approximate surface area is 139 Å². The van der Waals surface area contributed by atoms with Gasteiger partial charge < -0.3 is 4.90 Å². The first kappa shape index (κ1) is 14.5. The van der Waals surface area contributed by atoms with Crippen molar-refractivity contribution in [3.63, 3.8) is 0 Å². The number of rotatable bonds is 2. The first-order valence-corrected chi connectivity index (χ1v) is 9.90. The van der Waals surface area contributed by atoms with Crippen molar-refractivity contribution < 1.29 is 4.79 Å². The molecular formula is C18H21NOS2. The van der Waals surface area contributed by atoms with Crippen molar-refractivity contribution >= 4 is 28.6 Å². The summed E-state index contributed by atoms with van der Waals surface area (Å²) in [5.41, 5.74) is 2.74. The molecule has 0 radical (unpaired) electrons. The molecule has 1 amide bonds. The predicted molar refractivity (Wildman–Crippen MR) is 94.0 cm³/mol. The van der Waals surface area contributed by atoms with Crippen LogP contribution in [-0.2, 0) is 12.8 Å². The van der Waals surface area contributed by atoms with Gasteiger partial charge in [-0.3, -0.25) is 4.79 Å². The number of aryl methyl sites for hydroxylation is 2. The summed E-state index contributed by atoms with van der Waals surface area (Å²) in [7, 11) is 1.99. The van der Waals surface area contributed by atoms with Crippen molar-refractivity contribution in [1.29, 1.82) is 0 Å². The average molecular weight is 332 g/mol. The quantitative estimate of drug-likeness (QED) is 0.760. The maximum atomic E-state index is 12.9. The van der Waals surface area contributed by atoms with Crippen molar-refractivity contribution in [2.24, 2.45) is 0 Å². The summed E-state index contributed by atoms with van der Waals surface area (Å²) in [4.78, 5) is 18.6. The van der Waals surface area contributed by atoms with E-state index in [0.717, 1.165) is 17.7 Å². The highest BCUT2D eigenvalue weighted by Crippen LogP contribution is 2.42. The van der Waals surface area contributed by atoms with Crippen LogP contribution >= 0.6 is 22.7 Å². The Morgan fingerprint density at radius 1 is 1.23 bits per heavy atom. The molecule has 0 aromatic carbocycles. The van der Waals surface area contributed by atoms with Crippen LogP contribution in [0.1, 0.15) is 52.2 Å². The lowest BCUT2D eigenvalue weighted by atomic mass is 9.94. The number of nitrogens with zero attached hydrogens (tertiary/aromatic N) is 1. The smallest absolute Gasteiger partial charge is 0.263 e. The van der Waals surface area contributed by atoms with Gasteiger partial charge in [0.1, 0.15) is 0 Å². The highest BCUT2D eigenvalue weighted by atomic mass is 32.1. The summed E-state index contributed by atoms with van der Waals surface area (Å²) < 4.78 is 0. The van der Waals surface area contributed by atoms with Crippen molar-refractivity contribution in [3.8, 4) is 10.4 Å². The van der Waals surface area contributed by atoms with Crippen LogP contribution in [0.25, 0.3) is 10.4 Å². The van der Waals surface area contributed by atoms with Crippen molar-refractivity contribution in [3.05, 3.63) is 32.8 Å². The second-order valence-electron chi connectivity index (χ2n) is 6.43. The Bertz CT molecular complexity index is 694. The lowest BCUT2D eigenvalue weighted by Gasteiger charge is -2.30. The van der Waals surface area contributed by atoms with Gasteiger partial charge >= 0.3 is 0 Å². The first-order valence-electron chi connectivity index (χ1n) is 8.20. The van der Waals surface area contributed by atoms with Gasteiger partial charge in [0.2, 0.25) is 0 Å². The number of hydrogen-bond acceptors (Lipinski definition) is 3. The molecule has 2 aromatic rings. The standard InChI is InChI=1S/C18H21NOS2/c1-19(13-5-3-2-4-6-13)18(20)16-11-12-7-8-15-14(9-10-21-15)17(12)22-16/h9-11,13H,2-8H2,1H3. The zero-order valence-corrected chi connectivity index (χ0v) is 14.6. The number of hydrogen-bond donors (Lipinski definition) is 0. The van der Waals surface area contributed by atoms with Gasteiger partial charge in [-0.2, -0.15) is 0 Å². The molecule has 4 heteroatoms. The molecule has 0 atom stereocenters. The zero-order chi connectivity index (χ0) is 15.1. The monoisotopic (exact) mass is 331 g/mol. The lowest BCUT2D eigenvalue weighted by Crippen LogP contribution is -2.37. The minimum absolute atomic E-state index is 0.225. The Kier molecular flexibility index (Phi) is 3.82. The molecule has 116 valence electrons. The van der Waals surface area contributed by atoms with Crippen LogP contribution in [0.3, 0.4) is 0 Å². The van der Waals surface area contributed by atoms with Gasteiger partial charge in [0.15, 0.2) is 0 Å². The van der Waals surface area contributed by atoms with E-state index in [-0.39, 0.29) is 5.91 Å². The largest absolute Gasteiger partial charge is 0.338 e. The van der Waals surface area contributed by atoms with Gasteiger partial charge in [-0.25, -0.2) is 0 Å². The molecule has 1 fully saturated rings. The molecule has 0 spiro atoms. The average Bonchev–Trinajstić information content (AvgIpc) is 3.19. The topological polar surface area (TPSA) is 20.3 Å². The van der Waals surface area contributed by atoms with Crippen molar-refractivity contribution in [1.82, 2.24) is 4.90 Å². The highest BCUT2D eigenvalue weighted by molar-refractivity contribution is 7.18. The van der Waals surface area contributed by atoms with Crippen LogP contribution in [-0.4, -0.2) is 23.9 Å². The molecule has 0 bridgehead atoms. The summed E-state index contributed by atoms with van der Waals surface area (Å²) in [6.07, 6.45) is 8.41. The molecule has 1 saturated carbocycles. The van der Waals surface area contributed by atoms with Crippen LogP contribution in [0.2, 0.25) is 0 Å². The number of amides is 1. The molecule has 4 rings (SSSR count). The fourth-order valence-corrected chi connectivity index (χ4v) is 5.94. The van der Waals surface area contributed by atoms with Crippen LogP contribution in [0.15, 0.2) is 17.5 Å². The minimum atomic E-state index is 0.225. The van der Waals surface area contributed by atoms with E-state index in [1.807, 2.05) is 23.3 Å². The summed E-state index contributed by atoms with van der Waals surface area (Å²) in [5.74, 6) is 0.225. The van der Waals surface area contributed by atoms with Gasteiger partial charge in [0, 0.05) is 28.4 Å². The van der Waals surface area contributed by atoms with E-state index in [1.54, 1.807) is 11.3 Å². The minimum Gasteiger partial charge on any atom is -0.338 e. The molecule has 22 heavy (non-hydrogen) atoms. The van der Waals surface area contributed by atoms with E-state index in [1.165, 1.54) is 53.0 Å². The van der Waals surface area contributed by atoms with E-state index in [0.29, 0.717) is 6.04 Å². The van der Waals surface area contributed by atoms with E-state index in [4.69, 9.17) is 0 Å². The van der Waals surface area contributed by atoms with Crippen LogP contribution in [0.5, 0.6) is 0 Å². The molecule has 2 aliphatic carbocycles. The molecule has 2 heterocycles. The molecule has 2 aromatic heterocycles. The normalized spacial score (nSPS) is 17.9. The van der Waals surface area contributed by atoms with Crippen LogP contribution < -0.4 is 0 Å². The van der Waals surface area contributed by atoms with Crippen molar-refractivity contribution in [2.75, 3.05) is 7.05 Å². The molecule has 0 unspecified atom stereocenters. The van der Waals surface area contributed by atoms with E-state index in [9.17, 15) is 4.79 Å². The van der Waals surface area contributed by atoms with Gasteiger partial charge in [-0.1, -0.05) is 19.3 Å². The number of carbonyl (C=O) groups excluding carboxylic acids is 1. The van der Waals surface area contributed by atoms with Gasteiger partial charge in [-0.05, 0) is 48.8 Å². The second kappa shape index (κ2) is 5.82. The molecule has 0 aliphatic heterocycles. The summed E-state index contributed by atoms with van der Waals surface area (Å²) >= 11 is 3.55. The lowest BCUT2D eigenvalue weighted by molar-refractivity contribution is 0.0701. The van der Waals surface area contributed by atoms with Crippen LogP contribution in [0.4, 0.5) is 0 Å². The van der Waals surface area contributed by atoms with Gasteiger partial charge in [-0.15, -0.1) is 22.7 Å².